The quantitative estimate of drug-likeness (QED) is 0.827. The molecule has 18 heavy (non-hydrogen) atoms. The Hall–Kier alpha value is -1.41. The van der Waals surface area contributed by atoms with E-state index in [1.54, 1.807) is 0 Å². The van der Waals surface area contributed by atoms with Gasteiger partial charge in [-0.25, -0.2) is 0 Å². The number of aromatic nitrogens is 1. The Labute approximate surface area is 108 Å². The molecule has 1 N–H and O–H groups in total. The third-order valence-corrected chi connectivity index (χ3v) is 4.57. The summed E-state index contributed by atoms with van der Waals surface area (Å²) in [5.41, 5.74) is 0.155. The Morgan fingerprint density at radius 3 is 2.61 bits per heavy atom. The van der Waals surface area contributed by atoms with Gasteiger partial charge in [-0.2, -0.15) is 0 Å². The number of fused-ring (bicyclic) bond motifs is 1. The molecule has 2 aromatic rings. The molecule has 0 spiro atoms. The fourth-order valence-electron chi connectivity index (χ4n) is 3.28. The van der Waals surface area contributed by atoms with E-state index < -0.39 is 5.60 Å². The minimum atomic E-state index is -0.749. The van der Waals surface area contributed by atoms with E-state index in [0.29, 0.717) is 0 Å². The molecular formula is C16H19NO. The molecule has 3 rings (SSSR count). The highest BCUT2D eigenvalue weighted by Crippen LogP contribution is 2.53. The van der Waals surface area contributed by atoms with E-state index in [2.05, 4.69) is 31.0 Å². The van der Waals surface area contributed by atoms with Crippen LogP contribution in [-0.4, -0.2) is 10.1 Å². The highest BCUT2D eigenvalue weighted by Gasteiger charge is 2.49. The van der Waals surface area contributed by atoms with Crippen LogP contribution in [0.5, 0.6) is 0 Å². The van der Waals surface area contributed by atoms with Crippen molar-refractivity contribution in [1.29, 1.82) is 0 Å². The van der Waals surface area contributed by atoms with E-state index in [-0.39, 0.29) is 5.41 Å². The molecule has 1 aromatic heterocycles. The first-order chi connectivity index (χ1) is 8.55. The molecule has 1 heterocycles. The minimum absolute atomic E-state index is 0.0845. The van der Waals surface area contributed by atoms with Crippen molar-refractivity contribution in [2.24, 2.45) is 5.41 Å². The number of nitrogens with zero attached hydrogens (tertiary/aromatic N) is 1. The zero-order chi connectivity index (χ0) is 12.8. The molecule has 2 nitrogen and oxygen atoms in total. The van der Waals surface area contributed by atoms with Gasteiger partial charge in [0.25, 0.3) is 0 Å². The van der Waals surface area contributed by atoms with Crippen molar-refractivity contribution in [2.75, 3.05) is 0 Å². The van der Waals surface area contributed by atoms with E-state index in [1.807, 2.05) is 24.5 Å². The van der Waals surface area contributed by atoms with Crippen molar-refractivity contribution >= 4 is 10.8 Å². The van der Waals surface area contributed by atoms with Crippen molar-refractivity contribution in [3.05, 3.63) is 42.2 Å². The molecule has 0 saturated heterocycles. The lowest BCUT2D eigenvalue weighted by Gasteiger charge is -2.37. The smallest absolute Gasteiger partial charge is 0.0967 e. The maximum Gasteiger partial charge on any atom is 0.0967 e. The normalized spacial score (nSPS) is 26.6. The van der Waals surface area contributed by atoms with Gasteiger partial charge in [0.2, 0.25) is 0 Å². The zero-order valence-electron chi connectivity index (χ0n) is 11.0. The van der Waals surface area contributed by atoms with Gasteiger partial charge in [0.05, 0.1) is 5.60 Å². The molecule has 1 aliphatic carbocycles. The van der Waals surface area contributed by atoms with Crippen molar-refractivity contribution in [3.63, 3.8) is 0 Å². The Morgan fingerprint density at radius 1 is 1.11 bits per heavy atom. The Kier molecular flexibility index (Phi) is 2.46. The average Bonchev–Trinajstić information content (AvgIpc) is 2.64. The van der Waals surface area contributed by atoms with Crippen LogP contribution in [0.3, 0.4) is 0 Å². The van der Waals surface area contributed by atoms with E-state index >= 15 is 0 Å². The summed E-state index contributed by atoms with van der Waals surface area (Å²) in [5.74, 6) is 0. The standard InChI is InChI=1S/C16H19NO/c1-15(2)8-5-9-16(15,18)14-11-17-10-12-6-3-4-7-13(12)14/h3-4,6-7,10-11,18H,5,8-9H2,1-2H3. The van der Waals surface area contributed by atoms with Crippen LogP contribution in [0.4, 0.5) is 0 Å². The Bertz CT molecular complexity index is 585. The molecule has 0 bridgehead atoms. The van der Waals surface area contributed by atoms with Crippen molar-refractivity contribution < 1.29 is 5.11 Å². The van der Waals surface area contributed by atoms with Gasteiger partial charge < -0.3 is 5.11 Å². The van der Waals surface area contributed by atoms with Crippen LogP contribution >= 0.6 is 0 Å². The summed E-state index contributed by atoms with van der Waals surface area (Å²) >= 11 is 0. The van der Waals surface area contributed by atoms with Gasteiger partial charge in [0.1, 0.15) is 0 Å². The highest BCUT2D eigenvalue weighted by molar-refractivity contribution is 5.85. The summed E-state index contributed by atoms with van der Waals surface area (Å²) in [6.45, 7) is 4.31. The topological polar surface area (TPSA) is 33.1 Å². The molecular weight excluding hydrogens is 222 g/mol. The van der Waals surface area contributed by atoms with Crippen molar-refractivity contribution in [3.8, 4) is 0 Å². The maximum atomic E-state index is 11.1. The first-order valence-electron chi connectivity index (χ1n) is 6.60. The summed E-state index contributed by atoms with van der Waals surface area (Å²) in [5, 5.41) is 13.4. The SMILES string of the molecule is CC1(C)CCCC1(O)c1cncc2ccccc12. The Morgan fingerprint density at radius 2 is 1.89 bits per heavy atom. The zero-order valence-corrected chi connectivity index (χ0v) is 11.0. The van der Waals surface area contributed by atoms with E-state index in [0.717, 1.165) is 35.6 Å². The van der Waals surface area contributed by atoms with E-state index in [4.69, 9.17) is 0 Å². The molecule has 0 radical (unpaired) electrons. The highest BCUT2D eigenvalue weighted by atomic mass is 16.3. The second-order valence-electron chi connectivity index (χ2n) is 6.01. The van der Waals surface area contributed by atoms with E-state index in [9.17, 15) is 5.11 Å². The predicted molar refractivity (Wildman–Crippen MR) is 73.3 cm³/mol. The number of benzene rings is 1. The minimum Gasteiger partial charge on any atom is -0.385 e. The molecule has 1 fully saturated rings. The van der Waals surface area contributed by atoms with Gasteiger partial charge in [-0.1, -0.05) is 38.1 Å². The molecule has 1 atom stereocenters. The third-order valence-electron chi connectivity index (χ3n) is 4.57. The molecule has 0 amide bonds. The monoisotopic (exact) mass is 241 g/mol. The summed E-state index contributed by atoms with van der Waals surface area (Å²) in [4.78, 5) is 4.31. The molecule has 1 saturated carbocycles. The summed E-state index contributed by atoms with van der Waals surface area (Å²) in [6.07, 6.45) is 6.68. The van der Waals surface area contributed by atoms with Gasteiger partial charge in [-0.15, -0.1) is 0 Å². The summed E-state index contributed by atoms with van der Waals surface area (Å²) in [7, 11) is 0. The second-order valence-corrected chi connectivity index (χ2v) is 6.01. The third kappa shape index (κ3) is 1.49. The average molecular weight is 241 g/mol. The van der Waals surface area contributed by atoms with Gasteiger partial charge in [0.15, 0.2) is 0 Å². The van der Waals surface area contributed by atoms with E-state index in [1.165, 1.54) is 0 Å². The van der Waals surface area contributed by atoms with Gasteiger partial charge in [-0.3, -0.25) is 4.98 Å². The number of rotatable bonds is 1. The lowest BCUT2D eigenvalue weighted by atomic mass is 9.73. The fraction of sp³-hybridized carbons (Fsp3) is 0.438. The van der Waals surface area contributed by atoms with Crippen LogP contribution in [0.15, 0.2) is 36.7 Å². The molecule has 94 valence electrons. The molecule has 2 heteroatoms. The lowest BCUT2D eigenvalue weighted by molar-refractivity contribution is -0.0474. The van der Waals surface area contributed by atoms with Crippen LogP contribution in [0.1, 0.15) is 38.7 Å². The molecule has 1 aromatic carbocycles. The molecule has 1 aliphatic rings. The fourth-order valence-corrected chi connectivity index (χ4v) is 3.28. The lowest BCUT2D eigenvalue weighted by Crippen LogP contribution is -2.37. The molecule has 0 aliphatic heterocycles. The van der Waals surface area contributed by atoms with Gasteiger partial charge in [0, 0.05) is 23.3 Å². The van der Waals surface area contributed by atoms with Crippen LogP contribution in [-0.2, 0) is 5.60 Å². The van der Waals surface area contributed by atoms with Crippen LogP contribution in [0.2, 0.25) is 0 Å². The van der Waals surface area contributed by atoms with Crippen LogP contribution in [0, 0.1) is 5.41 Å². The number of pyridine rings is 1. The maximum absolute atomic E-state index is 11.1. The van der Waals surface area contributed by atoms with Gasteiger partial charge >= 0.3 is 0 Å². The second kappa shape index (κ2) is 3.79. The first-order valence-corrected chi connectivity index (χ1v) is 6.60. The summed E-state index contributed by atoms with van der Waals surface area (Å²) in [6, 6.07) is 8.17. The Balaban J connectivity index is 2.26. The number of hydrogen-bond donors (Lipinski definition) is 1. The first kappa shape index (κ1) is 11.7. The summed E-state index contributed by atoms with van der Waals surface area (Å²) < 4.78 is 0. The van der Waals surface area contributed by atoms with Gasteiger partial charge in [-0.05, 0) is 30.1 Å². The predicted octanol–water partition coefficient (Wildman–Crippen LogP) is 3.63. The largest absolute Gasteiger partial charge is 0.385 e. The number of aliphatic hydroxyl groups is 1. The van der Waals surface area contributed by atoms with Crippen LogP contribution in [0.25, 0.3) is 10.8 Å². The van der Waals surface area contributed by atoms with Crippen LogP contribution < -0.4 is 0 Å². The number of hydrogen-bond acceptors (Lipinski definition) is 2. The molecule has 1 unspecified atom stereocenters. The van der Waals surface area contributed by atoms with Crippen molar-refractivity contribution in [1.82, 2.24) is 4.98 Å². The van der Waals surface area contributed by atoms with Crippen molar-refractivity contribution in [2.45, 2.75) is 38.7 Å².